The summed E-state index contributed by atoms with van der Waals surface area (Å²) in [5, 5.41) is 3.28. The van der Waals surface area contributed by atoms with Gasteiger partial charge in [-0.25, -0.2) is 0 Å². The smallest absolute Gasteiger partial charge is 0.305 e. The molecular formula is C26H27O3P. The van der Waals surface area contributed by atoms with Crippen molar-refractivity contribution in [2.24, 2.45) is 0 Å². The van der Waals surface area contributed by atoms with Crippen molar-refractivity contribution < 1.29 is 14.3 Å². The summed E-state index contributed by atoms with van der Waals surface area (Å²) in [6.07, 6.45) is 6.79. The van der Waals surface area contributed by atoms with Gasteiger partial charge in [-0.05, 0) is 35.6 Å². The molecule has 0 saturated carbocycles. The van der Waals surface area contributed by atoms with E-state index in [4.69, 9.17) is 6.30 Å². The first-order valence-electron chi connectivity index (χ1n) is 10.1. The summed E-state index contributed by atoms with van der Waals surface area (Å²) in [6, 6.07) is 28.3. The molecule has 0 aliphatic heterocycles. The molecular weight excluding hydrogens is 391 g/mol. The van der Waals surface area contributed by atoms with Gasteiger partial charge in [-0.15, -0.1) is 0 Å². The quantitative estimate of drug-likeness (QED) is 0.225. The zero-order valence-corrected chi connectivity index (χ0v) is 18.2. The second-order valence-corrected chi connectivity index (χ2v) is 10.3. The van der Waals surface area contributed by atoms with Gasteiger partial charge >= 0.3 is 5.97 Å². The highest BCUT2D eigenvalue weighted by molar-refractivity contribution is 7.93. The molecule has 3 nitrogen and oxygen atoms in total. The lowest BCUT2D eigenvalue weighted by molar-refractivity contribution is -0.140. The highest BCUT2D eigenvalue weighted by Gasteiger charge is 2.26. The Morgan fingerprint density at radius 2 is 1.27 bits per heavy atom. The van der Waals surface area contributed by atoms with Crippen molar-refractivity contribution in [1.82, 2.24) is 0 Å². The van der Waals surface area contributed by atoms with Crippen LogP contribution in [0.4, 0.5) is 0 Å². The third-order valence-corrected chi connectivity index (χ3v) is 8.84. The van der Waals surface area contributed by atoms with Crippen molar-refractivity contribution in [2.45, 2.75) is 25.7 Å². The summed E-state index contributed by atoms with van der Waals surface area (Å²) < 4.78 is 4.68. The first-order valence-corrected chi connectivity index (χ1v) is 12.1. The van der Waals surface area contributed by atoms with Crippen LogP contribution in [0.2, 0.25) is 0 Å². The molecule has 0 unspecified atom stereocenters. The molecule has 0 aromatic heterocycles. The van der Waals surface area contributed by atoms with Gasteiger partial charge in [0.2, 0.25) is 0 Å². The molecule has 3 aromatic carbocycles. The molecule has 0 atom stereocenters. The molecule has 0 bridgehead atoms. The lowest BCUT2D eigenvalue weighted by Crippen LogP contribution is -2.29. The van der Waals surface area contributed by atoms with Crippen LogP contribution in [0.15, 0.2) is 84.9 Å². The number of carbonyl (C=O) groups excluding carboxylic acids is 2. The molecule has 0 spiro atoms. The van der Waals surface area contributed by atoms with Gasteiger partial charge in [0.1, 0.15) is 0 Å². The van der Waals surface area contributed by atoms with Crippen LogP contribution in [-0.2, 0) is 9.53 Å². The summed E-state index contributed by atoms with van der Waals surface area (Å²) in [4.78, 5) is 24.5. The second-order valence-electron chi connectivity index (χ2n) is 7.20. The van der Waals surface area contributed by atoms with Gasteiger partial charge in [0, 0.05) is 18.4 Å². The van der Waals surface area contributed by atoms with Crippen LogP contribution < -0.4 is 15.9 Å². The molecule has 30 heavy (non-hydrogen) atoms. The van der Waals surface area contributed by atoms with E-state index in [-0.39, 0.29) is 11.8 Å². The number of unbranched alkanes of at least 4 members (excludes halogenated alkanes) is 1. The number of Topliss-reactive ketones (excluding diaryl/α,β-unsaturated/α-hetero) is 1. The van der Waals surface area contributed by atoms with E-state index in [1.165, 1.54) is 7.11 Å². The Kier molecular flexibility index (Phi) is 7.43. The second kappa shape index (κ2) is 10.2. The molecule has 0 radical (unpaired) electrons. The minimum absolute atomic E-state index is 0.0929. The van der Waals surface area contributed by atoms with Crippen molar-refractivity contribution in [2.75, 3.05) is 7.11 Å². The van der Waals surface area contributed by atoms with Crippen LogP contribution in [0.3, 0.4) is 0 Å². The average Bonchev–Trinajstić information content (AvgIpc) is 2.82. The standard InChI is InChI=1S/C26H27O3P/c1-29-26(28)20-12-10-18-24(27)23-17-9-11-19-25(23)30(2,21-13-5-3-6-14-21)22-15-7-4-8-16-22/h3-9,11,13-17,19H,2,10,12,18,20H2,1H3. The summed E-state index contributed by atoms with van der Waals surface area (Å²) in [5.74, 6) is -0.144. The molecule has 3 rings (SSSR count). The van der Waals surface area contributed by atoms with Crippen molar-refractivity contribution in [3.63, 3.8) is 0 Å². The normalized spacial score (nSPS) is 11.1. The number of hydrogen-bond donors (Lipinski definition) is 0. The van der Waals surface area contributed by atoms with Crippen LogP contribution in [0.25, 0.3) is 0 Å². The van der Waals surface area contributed by atoms with Crippen molar-refractivity contribution >= 4 is 40.9 Å². The van der Waals surface area contributed by atoms with Gasteiger partial charge in [-0.1, -0.05) is 91.2 Å². The van der Waals surface area contributed by atoms with Gasteiger partial charge in [0.25, 0.3) is 0 Å². The summed E-state index contributed by atoms with van der Waals surface area (Å²) >= 11 is 0. The summed E-state index contributed by atoms with van der Waals surface area (Å²) in [6.45, 7) is -2.22. The fourth-order valence-electron chi connectivity index (χ4n) is 3.63. The molecule has 0 N–H and O–H groups in total. The minimum atomic E-state index is -2.22. The van der Waals surface area contributed by atoms with Crippen molar-refractivity contribution in [1.29, 1.82) is 0 Å². The Morgan fingerprint density at radius 1 is 0.767 bits per heavy atom. The maximum atomic E-state index is 13.2. The van der Waals surface area contributed by atoms with Gasteiger partial charge < -0.3 is 4.74 Å². The topological polar surface area (TPSA) is 43.4 Å². The molecule has 154 valence electrons. The third-order valence-electron chi connectivity index (χ3n) is 5.27. The number of esters is 1. The average molecular weight is 418 g/mol. The van der Waals surface area contributed by atoms with Gasteiger partial charge in [-0.2, -0.15) is 0 Å². The molecule has 3 aromatic rings. The number of rotatable bonds is 9. The van der Waals surface area contributed by atoms with E-state index in [1.807, 2.05) is 60.7 Å². The van der Waals surface area contributed by atoms with Crippen LogP contribution in [0.1, 0.15) is 36.0 Å². The monoisotopic (exact) mass is 418 g/mol. The molecule has 0 aliphatic rings. The Bertz CT molecular complexity index is 999. The third kappa shape index (κ3) is 4.80. The number of ether oxygens (including phenoxy) is 1. The Labute approximate surface area is 178 Å². The molecule has 0 aliphatic carbocycles. The van der Waals surface area contributed by atoms with Crippen molar-refractivity contribution in [3.8, 4) is 0 Å². The molecule has 4 heteroatoms. The molecule has 0 fully saturated rings. The minimum Gasteiger partial charge on any atom is -0.469 e. The summed E-state index contributed by atoms with van der Waals surface area (Å²) in [5.41, 5.74) is 0.728. The van der Waals surface area contributed by atoms with E-state index in [0.717, 1.165) is 21.5 Å². The summed E-state index contributed by atoms with van der Waals surface area (Å²) in [7, 11) is 1.38. The highest BCUT2D eigenvalue weighted by atomic mass is 31.2. The maximum absolute atomic E-state index is 13.2. The van der Waals surface area contributed by atoms with E-state index < -0.39 is 6.89 Å². The van der Waals surface area contributed by atoms with Gasteiger partial charge in [-0.3, -0.25) is 9.59 Å². The Morgan fingerprint density at radius 3 is 1.83 bits per heavy atom. The first kappa shape index (κ1) is 21.8. The SMILES string of the molecule is C=P(c1ccccc1)(c1ccccc1)c1ccccc1C(=O)CCCCC(=O)OC. The van der Waals surface area contributed by atoms with Crippen LogP contribution in [-0.4, -0.2) is 25.2 Å². The fraction of sp³-hybridized carbons (Fsp3) is 0.192. The first-order chi connectivity index (χ1) is 14.6. The lowest BCUT2D eigenvalue weighted by Gasteiger charge is -2.28. The van der Waals surface area contributed by atoms with Crippen molar-refractivity contribution in [3.05, 3.63) is 90.5 Å². The van der Waals surface area contributed by atoms with Crippen LogP contribution in [0.5, 0.6) is 0 Å². The number of methoxy groups -OCH3 is 1. The van der Waals surface area contributed by atoms with E-state index in [2.05, 4.69) is 29.0 Å². The van der Waals surface area contributed by atoms with E-state index in [9.17, 15) is 9.59 Å². The maximum Gasteiger partial charge on any atom is 0.305 e. The van der Waals surface area contributed by atoms with E-state index in [1.54, 1.807) is 0 Å². The number of hydrogen-bond acceptors (Lipinski definition) is 3. The van der Waals surface area contributed by atoms with Gasteiger partial charge in [0.15, 0.2) is 5.78 Å². The van der Waals surface area contributed by atoms with Crippen LogP contribution in [0, 0.1) is 0 Å². The van der Waals surface area contributed by atoms with E-state index in [0.29, 0.717) is 25.7 Å². The van der Waals surface area contributed by atoms with Crippen LogP contribution >= 0.6 is 6.89 Å². The number of benzene rings is 3. The number of ketones is 1. The molecule has 0 heterocycles. The van der Waals surface area contributed by atoms with Gasteiger partial charge in [0.05, 0.1) is 7.11 Å². The lowest BCUT2D eigenvalue weighted by atomic mass is 10.0. The fourth-order valence-corrected chi connectivity index (χ4v) is 6.79. The molecule has 0 amide bonds. The predicted octanol–water partition coefficient (Wildman–Crippen LogP) is 4.33. The Balaban J connectivity index is 1.98. The highest BCUT2D eigenvalue weighted by Crippen LogP contribution is 2.42. The number of carbonyl (C=O) groups is 2. The Hall–Kier alpha value is -2.90. The zero-order valence-electron chi connectivity index (χ0n) is 17.3. The molecule has 0 saturated heterocycles. The largest absolute Gasteiger partial charge is 0.469 e. The van der Waals surface area contributed by atoms with E-state index >= 15 is 0 Å². The predicted molar refractivity (Wildman–Crippen MR) is 127 cm³/mol. The zero-order chi connectivity index (χ0) is 21.4.